The minimum Gasteiger partial charge on any atom is -0.354 e. The Kier molecular flexibility index (Phi) is 6.63. The van der Waals surface area contributed by atoms with Crippen LogP contribution < -0.4 is 10.9 Å². The largest absolute Gasteiger partial charge is 0.354 e. The number of rotatable bonds is 8. The first-order chi connectivity index (χ1) is 14.0. The number of ketones is 1. The van der Waals surface area contributed by atoms with E-state index in [0.29, 0.717) is 16.8 Å². The summed E-state index contributed by atoms with van der Waals surface area (Å²) >= 11 is 0. The Labute approximate surface area is 167 Å². The van der Waals surface area contributed by atoms with Gasteiger partial charge in [0.15, 0.2) is 5.78 Å². The summed E-state index contributed by atoms with van der Waals surface area (Å²) in [5.41, 5.74) is 1.41. The lowest BCUT2D eigenvalue weighted by Crippen LogP contribution is -2.31. The number of aromatic nitrogens is 2. The van der Waals surface area contributed by atoms with Crippen LogP contribution in [0.5, 0.6) is 0 Å². The fourth-order valence-corrected chi connectivity index (χ4v) is 2.77. The van der Waals surface area contributed by atoms with E-state index < -0.39 is 0 Å². The quantitative estimate of drug-likeness (QED) is 0.597. The third kappa shape index (κ3) is 5.68. The number of hydrogen-bond acceptors (Lipinski definition) is 4. The molecule has 0 fully saturated rings. The van der Waals surface area contributed by atoms with Crippen LogP contribution in [0.4, 0.5) is 4.39 Å². The van der Waals surface area contributed by atoms with Crippen LogP contribution in [0.1, 0.15) is 23.2 Å². The Morgan fingerprint density at radius 3 is 2.41 bits per heavy atom. The molecular formula is C22H20FN3O3. The number of carbonyl (C=O) groups excluding carboxylic acids is 2. The van der Waals surface area contributed by atoms with Crippen LogP contribution in [0.3, 0.4) is 0 Å². The van der Waals surface area contributed by atoms with Gasteiger partial charge in [-0.3, -0.25) is 19.0 Å². The van der Waals surface area contributed by atoms with Crippen LogP contribution in [-0.4, -0.2) is 27.8 Å². The van der Waals surface area contributed by atoms with Crippen LogP contribution in [0.25, 0.3) is 11.3 Å². The maximum absolute atomic E-state index is 13.0. The summed E-state index contributed by atoms with van der Waals surface area (Å²) in [6.45, 7) is 0.504. The van der Waals surface area contributed by atoms with Gasteiger partial charge in [-0.1, -0.05) is 30.3 Å². The summed E-state index contributed by atoms with van der Waals surface area (Å²) in [5.74, 6) is -0.695. The van der Waals surface area contributed by atoms with E-state index in [1.165, 1.54) is 29.1 Å². The maximum Gasteiger partial charge on any atom is 0.253 e. The predicted molar refractivity (Wildman–Crippen MR) is 107 cm³/mol. The molecule has 0 radical (unpaired) electrons. The molecule has 1 N–H and O–H groups in total. The highest BCUT2D eigenvalue weighted by Crippen LogP contribution is 2.14. The Bertz CT molecular complexity index is 1050. The van der Waals surface area contributed by atoms with Crippen molar-refractivity contribution in [1.29, 1.82) is 0 Å². The van der Waals surface area contributed by atoms with Gasteiger partial charge in [0.25, 0.3) is 5.56 Å². The molecule has 1 heterocycles. The third-order valence-electron chi connectivity index (χ3n) is 4.37. The number of halogens is 1. The molecule has 0 aliphatic rings. The number of amides is 1. The zero-order valence-corrected chi connectivity index (χ0v) is 15.7. The number of nitrogens with zero attached hydrogens (tertiary/aromatic N) is 2. The van der Waals surface area contributed by atoms with E-state index in [2.05, 4.69) is 10.3 Å². The van der Waals surface area contributed by atoms with Crippen LogP contribution in [0.2, 0.25) is 0 Å². The summed E-state index contributed by atoms with van der Waals surface area (Å²) < 4.78 is 14.4. The summed E-state index contributed by atoms with van der Waals surface area (Å²) in [5, 5.41) is 2.70. The van der Waals surface area contributed by atoms with Gasteiger partial charge in [-0.2, -0.15) is 0 Å². The smallest absolute Gasteiger partial charge is 0.253 e. The SMILES string of the molecule is O=C(CCC(=O)c1ccccc1)NCCn1cnc(-c2ccc(F)cc2)cc1=O. The molecule has 1 aromatic heterocycles. The molecule has 0 saturated heterocycles. The molecule has 29 heavy (non-hydrogen) atoms. The first-order valence-electron chi connectivity index (χ1n) is 9.20. The van der Waals surface area contributed by atoms with Crippen LogP contribution >= 0.6 is 0 Å². The lowest BCUT2D eigenvalue weighted by Gasteiger charge is -2.08. The second-order valence-corrected chi connectivity index (χ2v) is 6.45. The molecular weight excluding hydrogens is 373 g/mol. The Hall–Kier alpha value is -3.61. The molecule has 0 saturated carbocycles. The minimum absolute atomic E-state index is 0.0856. The third-order valence-corrected chi connectivity index (χ3v) is 4.37. The average molecular weight is 393 g/mol. The first-order valence-corrected chi connectivity index (χ1v) is 9.20. The van der Waals surface area contributed by atoms with Crippen LogP contribution in [0.15, 0.2) is 71.8 Å². The van der Waals surface area contributed by atoms with Crippen molar-refractivity contribution in [1.82, 2.24) is 14.9 Å². The van der Waals surface area contributed by atoms with Crippen molar-refractivity contribution in [3.05, 3.63) is 88.7 Å². The molecule has 0 aliphatic carbocycles. The topological polar surface area (TPSA) is 81.1 Å². The van der Waals surface area contributed by atoms with Gasteiger partial charge in [-0.15, -0.1) is 0 Å². The van der Waals surface area contributed by atoms with E-state index in [1.54, 1.807) is 36.4 Å². The van der Waals surface area contributed by atoms with E-state index in [-0.39, 0.29) is 49.0 Å². The molecule has 0 unspecified atom stereocenters. The number of nitrogens with one attached hydrogen (secondary N) is 1. The molecule has 0 atom stereocenters. The lowest BCUT2D eigenvalue weighted by atomic mass is 10.1. The molecule has 0 aliphatic heterocycles. The maximum atomic E-state index is 13.0. The summed E-state index contributed by atoms with van der Waals surface area (Å²) in [7, 11) is 0. The molecule has 148 valence electrons. The fourth-order valence-electron chi connectivity index (χ4n) is 2.77. The molecule has 6 nitrogen and oxygen atoms in total. The summed E-state index contributed by atoms with van der Waals surface area (Å²) in [6, 6.07) is 15.9. The second kappa shape index (κ2) is 9.54. The minimum atomic E-state index is -0.358. The highest BCUT2D eigenvalue weighted by atomic mass is 19.1. The van der Waals surface area contributed by atoms with E-state index in [1.807, 2.05) is 6.07 Å². The molecule has 3 rings (SSSR count). The van der Waals surface area contributed by atoms with Gasteiger partial charge < -0.3 is 5.32 Å². The lowest BCUT2D eigenvalue weighted by molar-refractivity contribution is -0.121. The molecule has 7 heteroatoms. The summed E-state index contributed by atoms with van der Waals surface area (Å²) in [4.78, 5) is 40.4. The normalized spacial score (nSPS) is 10.5. The van der Waals surface area contributed by atoms with Gasteiger partial charge in [-0.25, -0.2) is 9.37 Å². The van der Waals surface area contributed by atoms with E-state index in [0.717, 1.165) is 0 Å². The number of hydrogen-bond donors (Lipinski definition) is 1. The number of carbonyl (C=O) groups is 2. The van der Waals surface area contributed by atoms with Gasteiger partial charge in [0.2, 0.25) is 5.91 Å². The van der Waals surface area contributed by atoms with Gasteiger partial charge >= 0.3 is 0 Å². The van der Waals surface area contributed by atoms with Crippen molar-refractivity contribution < 1.29 is 14.0 Å². The van der Waals surface area contributed by atoms with Crippen molar-refractivity contribution in [2.45, 2.75) is 19.4 Å². The van der Waals surface area contributed by atoms with Crippen molar-refractivity contribution in [2.24, 2.45) is 0 Å². The fraction of sp³-hybridized carbons (Fsp3) is 0.182. The van der Waals surface area contributed by atoms with E-state index in [4.69, 9.17) is 0 Å². The average Bonchev–Trinajstić information content (AvgIpc) is 2.74. The first kappa shape index (κ1) is 20.1. The Balaban J connectivity index is 1.47. The molecule has 1 amide bonds. The van der Waals surface area contributed by atoms with Gasteiger partial charge in [0.1, 0.15) is 5.82 Å². The number of Topliss-reactive ketones (excluding diaryl/α,β-unsaturated/α-hetero) is 1. The predicted octanol–water partition coefficient (Wildman–Crippen LogP) is 2.83. The van der Waals surface area contributed by atoms with Crippen LogP contribution in [-0.2, 0) is 11.3 Å². The zero-order chi connectivity index (χ0) is 20.6. The zero-order valence-electron chi connectivity index (χ0n) is 15.7. The highest BCUT2D eigenvalue weighted by molar-refractivity contribution is 5.97. The Morgan fingerprint density at radius 2 is 1.72 bits per heavy atom. The Morgan fingerprint density at radius 1 is 1.00 bits per heavy atom. The van der Waals surface area contributed by atoms with E-state index >= 15 is 0 Å². The van der Waals surface area contributed by atoms with Crippen molar-refractivity contribution in [3.63, 3.8) is 0 Å². The standard InChI is InChI=1S/C22H20FN3O3/c23-18-8-6-16(7-9-18)19-14-22(29)26(15-25-19)13-12-24-21(28)11-10-20(27)17-4-2-1-3-5-17/h1-9,14-15H,10-13H2,(H,24,28). The van der Waals surface area contributed by atoms with Gasteiger partial charge in [0.05, 0.1) is 12.0 Å². The molecule has 2 aromatic carbocycles. The van der Waals surface area contributed by atoms with Gasteiger partial charge in [0, 0.05) is 43.1 Å². The van der Waals surface area contributed by atoms with Gasteiger partial charge in [-0.05, 0) is 24.3 Å². The van der Waals surface area contributed by atoms with E-state index in [9.17, 15) is 18.8 Å². The van der Waals surface area contributed by atoms with Crippen molar-refractivity contribution in [2.75, 3.05) is 6.54 Å². The van der Waals surface area contributed by atoms with Crippen molar-refractivity contribution >= 4 is 11.7 Å². The monoisotopic (exact) mass is 393 g/mol. The molecule has 0 spiro atoms. The highest BCUT2D eigenvalue weighted by Gasteiger charge is 2.09. The summed E-state index contributed by atoms with van der Waals surface area (Å²) in [6.07, 6.45) is 1.61. The molecule has 3 aromatic rings. The van der Waals surface area contributed by atoms with Crippen molar-refractivity contribution in [3.8, 4) is 11.3 Å². The second-order valence-electron chi connectivity index (χ2n) is 6.45. The number of benzene rings is 2. The molecule has 0 bridgehead atoms. The van der Waals surface area contributed by atoms with Crippen LogP contribution in [0, 0.1) is 5.82 Å².